The third-order valence-electron chi connectivity index (χ3n) is 3.91. The minimum absolute atomic E-state index is 0.0250. The molecule has 106 valence electrons. The lowest BCUT2D eigenvalue weighted by Crippen LogP contribution is -2.22. The summed E-state index contributed by atoms with van der Waals surface area (Å²) in [6.07, 6.45) is 6.72. The van der Waals surface area contributed by atoms with Gasteiger partial charge in [-0.15, -0.1) is 11.3 Å². The molecule has 0 saturated heterocycles. The fraction of sp³-hybridized carbons (Fsp3) is 0.267. The number of rotatable bonds is 2. The van der Waals surface area contributed by atoms with E-state index in [0.29, 0.717) is 11.3 Å². The number of aromatic nitrogens is 3. The maximum atomic E-state index is 12.8. The van der Waals surface area contributed by atoms with Crippen LogP contribution < -0.4 is 5.56 Å². The lowest BCUT2D eigenvalue weighted by Gasteiger charge is -2.06. The highest BCUT2D eigenvalue weighted by Gasteiger charge is 2.21. The van der Waals surface area contributed by atoms with Crippen molar-refractivity contribution in [2.75, 3.05) is 0 Å². The van der Waals surface area contributed by atoms with E-state index >= 15 is 0 Å². The summed E-state index contributed by atoms with van der Waals surface area (Å²) in [7, 11) is 0. The molecule has 3 heterocycles. The first kappa shape index (κ1) is 12.9. The molecule has 0 amide bonds. The Morgan fingerprint density at radius 2 is 2.33 bits per heavy atom. The summed E-state index contributed by atoms with van der Waals surface area (Å²) in [6, 6.07) is 3.82. The number of aromatic amines is 1. The zero-order chi connectivity index (χ0) is 14.4. The summed E-state index contributed by atoms with van der Waals surface area (Å²) in [6.45, 7) is 0.461. The van der Waals surface area contributed by atoms with Gasteiger partial charge in [0.05, 0.1) is 11.9 Å². The van der Waals surface area contributed by atoms with Crippen LogP contribution in [0.5, 0.6) is 0 Å². The number of thiophene rings is 1. The van der Waals surface area contributed by atoms with Gasteiger partial charge in [0.1, 0.15) is 4.83 Å². The number of aryl methyl sites for hydroxylation is 2. The average Bonchev–Trinajstić information content (AvgIpc) is 3.04. The standard InChI is InChI=1S/C15H13N3OS2/c19-14-12-10-4-1-5-11(10)21-13(12)17-15(20)18(14)8-9-3-2-6-16-7-9/h2-3,6-7H,1,4-5,8H2,(H,17,20). The fourth-order valence-corrected chi connectivity index (χ4v) is 4.52. The molecule has 1 aliphatic carbocycles. The van der Waals surface area contributed by atoms with Crippen LogP contribution in [-0.4, -0.2) is 14.5 Å². The molecule has 1 aliphatic rings. The van der Waals surface area contributed by atoms with Gasteiger partial charge in [-0.3, -0.25) is 14.3 Å². The normalized spacial score (nSPS) is 13.7. The Hall–Kier alpha value is -1.79. The van der Waals surface area contributed by atoms with Gasteiger partial charge < -0.3 is 4.98 Å². The van der Waals surface area contributed by atoms with Crippen molar-refractivity contribution in [1.82, 2.24) is 14.5 Å². The smallest absolute Gasteiger partial charge is 0.263 e. The summed E-state index contributed by atoms with van der Waals surface area (Å²) in [5.74, 6) is 0. The van der Waals surface area contributed by atoms with E-state index < -0.39 is 0 Å². The molecule has 0 radical (unpaired) electrons. The molecular weight excluding hydrogens is 302 g/mol. The quantitative estimate of drug-likeness (QED) is 0.740. The largest absolute Gasteiger partial charge is 0.323 e. The van der Waals surface area contributed by atoms with Gasteiger partial charge in [0.2, 0.25) is 0 Å². The molecule has 0 saturated carbocycles. The van der Waals surface area contributed by atoms with E-state index in [0.717, 1.165) is 35.0 Å². The molecule has 0 atom stereocenters. The molecule has 0 aliphatic heterocycles. The van der Waals surface area contributed by atoms with E-state index in [2.05, 4.69) is 9.97 Å². The minimum atomic E-state index is 0.0250. The second-order valence-electron chi connectivity index (χ2n) is 5.24. The number of nitrogens with one attached hydrogen (secondary N) is 1. The van der Waals surface area contributed by atoms with Crippen molar-refractivity contribution >= 4 is 33.8 Å². The predicted molar refractivity (Wildman–Crippen MR) is 86.6 cm³/mol. The Labute approximate surface area is 130 Å². The van der Waals surface area contributed by atoms with Gasteiger partial charge in [-0.25, -0.2) is 0 Å². The molecule has 0 unspecified atom stereocenters. The van der Waals surface area contributed by atoms with E-state index in [1.165, 1.54) is 10.4 Å². The van der Waals surface area contributed by atoms with Gasteiger partial charge in [-0.2, -0.15) is 0 Å². The van der Waals surface area contributed by atoms with Crippen LogP contribution in [0.4, 0.5) is 0 Å². The first-order valence-electron chi connectivity index (χ1n) is 6.90. The summed E-state index contributed by atoms with van der Waals surface area (Å²) in [5, 5.41) is 0.838. The van der Waals surface area contributed by atoms with Gasteiger partial charge >= 0.3 is 0 Å². The van der Waals surface area contributed by atoms with E-state index in [1.54, 1.807) is 28.3 Å². The van der Waals surface area contributed by atoms with Crippen LogP contribution in [0.2, 0.25) is 0 Å². The average molecular weight is 315 g/mol. The Morgan fingerprint density at radius 3 is 3.14 bits per heavy atom. The Balaban J connectivity index is 1.93. The zero-order valence-corrected chi connectivity index (χ0v) is 12.9. The highest BCUT2D eigenvalue weighted by atomic mass is 32.1. The monoisotopic (exact) mass is 315 g/mol. The molecule has 0 fully saturated rings. The van der Waals surface area contributed by atoms with E-state index in [-0.39, 0.29) is 5.56 Å². The Kier molecular flexibility index (Phi) is 3.01. The van der Waals surface area contributed by atoms with Gasteiger partial charge in [-0.1, -0.05) is 6.07 Å². The number of fused-ring (bicyclic) bond motifs is 3. The molecule has 4 rings (SSSR count). The second-order valence-corrected chi connectivity index (χ2v) is 6.74. The van der Waals surface area contributed by atoms with Crippen LogP contribution in [0.3, 0.4) is 0 Å². The topological polar surface area (TPSA) is 50.7 Å². The molecule has 0 spiro atoms. The van der Waals surface area contributed by atoms with Crippen molar-refractivity contribution in [1.29, 1.82) is 0 Å². The number of hydrogen-bond acceptors (Lipinski definition) is 4. The number of H-pyrrole nitrogens is 1. The van der Waals surface area contributed by atoms with Crippen molar-refractivity contribution in [3.8, 4) is 0 Å². The maximum Gasteiger partial charge on any atom is 0.263 e. The number of nitrogens with zero attached hydrogens (tertiary/aromatic N) is 2. The first-order chi connectivity index (χ1) is 10.2. The van der Waals surface area contributed by atoms with E-state index in [4.69, 9.17) is 12.2 Å². The van der Waals surface area contributed by atoms with Gasteiger partial charge in [0.25, 0.3) is 5.56 Å². The summed E-state index contributed by atoms with van der Waals surface area (Å²) >= 11 is 7.05. The van der Waals surface area contributed by atoms with Crippen molar-refractivity contribution in [2.24, 2.45) is 0 Å². The van der Waals surface area contributed by atoms with Crippen LogP contribution in [0, 0.1) is 4.77 Å². The lowest BCUT2D eigenvalue weighted by atomic mass is 10.2. The van der Waals surface area contributed by atoms with Crippen LogP contribution in [0.1, 0.15) is 22.4 Å². The van der Waals surface area contributed by atoms with Gasteiger partial charge in [0, 0.05) is 17.3 Å². The van der Waals surface area contributed by atoms with Crippen LogP contribution in [0.25, 0.3) is 10.2 Å². The van der Waals surface area contributed by atoms with Crippen LogP contribution >= 0.6 is 23.6 Å². The van der Waals surface area contributed by atoms with Gasteiger partial charge in [-0.05, 0) is 48.7 Å². The SMILES string of the molecule is O=c1c2c3c(sc2[nH]c(=S)n1Cc1cccnc1)CCC3. The van der Waals surface area contributed by atoms with E-state index in [9.17, 15) is 4.79 Å². The van der Waals surface area contributed by atoms with Crippen LogP contribution in [-0.2, 0) is 19.4 Å². The minimum Gasteiger partial charge on any atom is -0.323 e. The highest BCUT2D eigenvalue weighted by Crippen LogP contribution is 2.34. The van der Waals surface area contributed by atoms with Crippen molar-refractivity contribution in [3.63, 3.8) is 0 Å². The van der Waals surface area contributed by atoms with Crippen LogP contribution in [0.15, 0.2) is 29.3 Å². The zero-order valence-electron chi connectivity index (χ0n) is 11.3. The van der Waals surface area contributed by atoms with Crippen molar-refractivity contribution in [3.05, 3.63) is 55.7 Å². The predicted octanol–water partition coefficient (Wildman–Crippen LogP) is 3.05. The molecule has 6 heteroatoms. The summed E-state index contributed by atoms with van der Waals surface area (Å²) < 4.78 is 2.12. The third kappa shape index (κ3) is 2.06. The van der Waals surface area contributed by atoms with E-state index in [1.807, 2.05) is 12.1 Å². The molecule has 4 nitrogen and oxygen atoms in total. The van der Waals surface area contributed by atoms with Crippen molar-refractivity contribution in [2.45, 2.75) is 25.8 Å². The number of pyridine rings is 1. The third-order valence-corrected chi connectivity index (χ3v) is 5.44. The lowest BCUT2D eigenvalue weighted by molar-refractivity contribution is 0.732. The Bertz CT molecular complexity index is 937. The molecule has 0 bridgehead atoms. The summed E-state index contributed by atoms with van der Waals surface area (Å²) in [5.41, 5.74) is 2.23. The second kappa shape index (κ2) is 4.89. The Morgan fingerprint density at radius 1 is 1.43 bits per heavy atom. The molecule has 21 heavy (non-hydrogen) atoms. The first-order valence-corrected chi connectivity index (χ1v) is 8.13. The summed E-state index contributed by atoms with van der Waals surface area (Å²) in [4.78, 5) is 22.4. The number of hydrogen-bond donors (Lipinski definition) is 1. The maximum absolute atomic E-state index is 12.8. The highest BCUT2D eigenvalue weighted by molar-refractivity contribution is 7.71. The molecular formula is C15H13N3OS2. The molecule has 1 N–H and O–H groups in total. The van der Waals surface area contributed by atoms with Crippen molar-refractivity contribution < 1.29 is 0 Å². The van der Waals surface area contributed by atoms with Gasteiger partial charge in [0.15, 0.2) is 4.77 Å². The molecule has 3 aromatic heterocycles. The molecule has 3 aromatic rings. The molecule has 0 aromatic carbocycles. The fourth-order valence-electron chi connectivity index (χ4n) is 2.93.